The molecular formula is C17H18F3N3O3. The normalized spacial score (nSPS) is 32.6. The summed E-state index contributed by atoms with van der Waals surface area (Å²) >= 11 is 0. The summed E-state index contributed by atoms with van der Waals surface area (Å²) in [5.74, 6) is -1.87. The lowest BCUT2D eigenvalue weighted by Crippen LogP contribution is -2.43. The van der Waals surface area contributed by atoms with Crippen molar-refractivity contribution in [3.8, 4) is 0 Å². The van der Waals surface area contributed by atoms with Crippen LogP contribution in [0.3, 0.4) is 0 Å². The number of halogens is 3. The molecule has 0 aromatic heterocycles. The van der Waals surface area contributed by atoms with Crippen molar-refractivity contribution >= 4 is 17.6 Å². The van der Waals surface area contributed by atoms with Gasteiger partial charge in [0.1, 0.15) is 18.0 Å². The molecule has 2 fully saturated rings. The van der Waals surface area contributed by atoms with Crippen LogP contribution >= 0.6 is 0 Å². The van der Waals surface area contributed by atoms with Crippen molar-refractivity contribution in [3.05, 3.63) is 29.6 Å². The Balaban J connectivity index is 1.69. The van der Waals surface area contributed by atoms with Crippen molar-refractivity contribution in [3.63, 3.8) is 0 Å². The van der Waals surface area contributed by atoms with Crippen molar-refractivity contribution in [2.75, 3.05) is 11.9 Å². The van der Waals surface area contributed by atoms with Gasteiger partial charge in [-0.1, -0.05) is 0 Å². The fraction of sp³-hybridized carbons (Fsp3) is 0.529. The van der Waals surface area contributed by atoms with Crippen LogP contribution in [0.1, 0.15) is 24.8 Å². The van der Waals surface area contributed by atoms with Crippen LogP contribution in [0.15, 0.2) is 23.2 Å². The summed E-state index contributed by atoms with van der Waals surface area (Å²) in [5.41, 5.74) is 3.34. The Morgan fingerprint density at radius 2 is 2.23 bits per heavy atom. The van der Waals surface area contributed by atoms with E-state index in [0.29, 0.717) is 19.4 Å². The number of nitrogens with two attached hydrogens (primary N) is 1. The minimum absolute atomic E-state index is 0.208. The zero-order valence-electron chi connectivity index (χ0n) is 13.8. The smallest absolute Gasteiger partial charge is 0.283 e. The molecule has 1 aromatic rings. The fourth-order valence-corrected chi connectivity index (χ4v) is 3.72. The Morgan fingerprint density at radius 3 is 2.92 bits per heavy atom. The monoisotopic (exact) mass is 369 g/mol. The van der Waals surface area contributed by atoms with E-state index in [1.165, 1.54) is 12.1 Å². The lowest BCUT2D eigenvalue weighted by molar-refractivity contribution is -0.124. The number of aliphatic imine (C=N–C) groups is 1. The number of nitrogens with one attached hydrogen (secondary N) is 1. The SMILES string of the molecule is NC1=N[C@@](c2cc(NC(=O)C3CCCO3)ccc2F)(C(F)F)[C@H]2C[C@H]2O1. The number of benzene rings is 1. The summed E-state index contributed by atoms with van der Waals surface area (Å²) in [6.45, 7) is 0.498. The molecule has 140 valence electrons. The molecule has 0 bridgehead atoms. The van der Waals surface area contributed by atoms with Crippen LogP contribution in [-0.2, 0) is 19.8 Å². The third kappa shape index (κ3) is 2.70. The molecule has 2 aliphatic heterocycles. The Bertz CT molecular complexity index is 767. The highest BCUT2D eigenvalue weighted by Gasteiger charge is 2.64. The average molecular weight is 369 g/mol. The van der Waals surface area contributed by atoms with Gasteiger partial charge in [0, 0.05) is 23.8 Å². The van der Waals surface area contributed by atoms with Crippen LogP contribution in [0.5, 0.6) is 0 Å². The maximum atomic E-state index is 14.5. The number of alkyl halides is 2. The molecule has 1 saturated heterocycles. The number of hydrogen-bond donors (Lipinski definition) is 2. The predicted octanol–water partition coefficient (Wildman–Crippen LogP) is 2.14. The number of fused-ring (bicyclic) bond motifs is 1. The van der Waals surface area contributed by atoms with Gasteiger partial charge in [-0.3, -0.25) is 4.79 Å². The van der Waals surface area contributed by atoms with Crippen LogP contribution in [0.4, 0.5) is 18.9 Å². The van der Waals surface area contributed by atoms with E-state index in [-0.39, 0.29) is 23.2 Å². The van der Waals surface area contributed by atoms with Gasteiger partial charge >= 0.3 is 0 Å². The van der Waals surface area contributed by atoms with Gasteiger partial charge in [0.05, 0.1) is 0 Å². The summed E-state index contributed by atoms with van der Waals surface area (Å²) in [7, 11) is 0. The second-order valence-electron chi connectivity index (χ2n) is 6.76. The Labute approximate surface area is 147 Å². The van der Waals surface area contributed by atoms with E-state index < -0.39 is 35.9 Å². The molecule has 0 spiro atoms. The van der Waals surface area contributed by atoms with Crippen LogP contribution in [0, 0.1) is 11.7 Å². The fourth-order valence-electron chi connectivity index (χ4n) is 3.72. The van der Waals surface area contributed by atoms with Crippen molar-refractivity contribution in [1.29, 1.82) is 0 Å². The van der Waals surface area contributed by atoms with E-state index in [1.54, 1.807) is 0 Å². The third-order valence-electron chi connectivity index (χ3n) is 5.08. The lowest BCUT2D eigenvalue weighted by atomic mass is 9.84. The number of nitrogens with zero attached hydrogens (tertiary/aromatic N) is 1. The van der Waals surface area contributed by atoms with E-state index in [1.807, 2.05) is 0 Å². The molecule has 9 heteroatoms. The second-order valence-corrected chi connectivity index (χ2v) is 6.76. The van der Waals surface area contributed by atoms with Crippen molar-refractivity contribution in [1.82, 2.24) is 0 Å². The predicted molar refractivity (Wildman–Crippen MR) is 86.3 cm³/mol. The first-order valence-electron chi connectivity index (χ1n) is 8.44. The van der Waals surface area contributed by atoms with Crippen molar-refractivity contribution in [2.45, 2.75) is 43.4 Å². The first-order chi connectivity index (χ1) is 12.4. The highest BCUT2D eigenvalue weighted by molar-refractivity contribution is 5.94. The molecule has 6 nitrogen and oxygen atoms in total. The lowest BCUT2D eigenvalue weighted by Gasteiger charge is -2.33. The number of hydrogen-bond acceptors (Lipinski definition) is 5. The first kappa shape index (κ1) is 17.1. The van der Waals surface area contributed by atoms with Gasteiger partial charge in [-0.15, -0.1) is 0 Å². The molecule has 3 N–H and O–H groups in total. The van der Waals surface area contributed by atoms with Crippen LogP contribution in [0.25, 0.3) is 0 Å². The summed E-state index contributed by atoms with van der Waals surface area (Å²) in [6.07, 6.45) is -2.37. The standard InChI is InChI=1S/C17H18F3N3O3/c18-11-4-3-8(22-14(24)12-2-1-5-25-12)6-9(11)17(15(19)20)10-7-13(10)26-16(21)23-17/h3-4,6,10,12-13,15H,1-2,5,7H2,(H2,21,23)(H,22,24)/t10-,12?,13+,17+/m0/s1. The van der Waals surface area contributed by atoms with Crippen LogP contribution < -0.4 is 11.1 Å². The molecule has 1 aromatic carbocycles. The Morgan fingerprint density at radius 1 is 1.42 bits per heavy atom. The van der Waals surface area contributed by atoms with Crippen molar-refractivity contribution in [2.24, 2.45) is 16.6 Å². The number of ether oxygens (including phenoxy) is 2. The van der Waals surface area contributed by atoms with Gasteiger partial charge in [0.15, 0.2) is 5.54 Å². The molecule has 1 amide bonds. The maximum absolute atomic E-state index is 14.5. The average Bonchev–Trinajstić information content (AvgIpc) is 3.16. The maximum Gasteiger partial charge on any atom is 0.283 e. The third-order valence-corrected chi connectivity index (χ3v) is 5.08. The first-order valence-corrected chi connectivity index (χ1v) is 8.44. The number of rotatable bonds is 4. The minimum Gasteiger partial charge on any atom is -0.462 e. The number of carbonyl (C=O) groups excluding carboxylic acids is 1. The highest BCUT2D eigenvalue weighted by atomic mass is 19.3. The van der Waals surface area contributed by atoms with E-state index in [9.17, 15) is 18.0 Å². The summed E-state index contributed by atoms with van der Waals surface area (Å²) in [6, 6.07) is 3.19. The van der Waals surface area contributed by atoms with E-state index in [0.717, 1.165) is 12.5 Å². The van der Waals surface area contributed by atoms with E-state index in [4.69, 9.17) is 15.2 Å². The second kappa shape index (κ2) is 6.15. The molecule has 4 rings (SSSR count). The molecule has 1 aliphatic carbocycles. The molecule has 4 atom stereocenters. The van der Waals surface area contributed by atoms with Gasteiger partial charge < -0.3 is 20.5 Å². The molecule has 1 unspecified atom stereocenters. The topological polar surface area (TPSA) is 85.9 Å². The van der Waals surface area contributed by atoms with Gasteiger partial charge in [-0.05, 0) is 37.5 Å². The van der Waals surface area contributed by atoms with Gasteiger partial charge in [0.25, 0.3) is 18.4 Å². The molecule has 0 radical (unpaired) electrons. The van der Waals surface area contributed by atoms with Gasteiger partial charge in [-0.25, -0.2) is 18.2 Å². The molecule has 1 saturated carbocycles. The number of anilines is 1. The largest absolute Gasteiger partial charge is 0.462 e. The van der Waals surface area contributed by atoms with Gasteiger partial charge in [-0.2, -0.15) is 0 Å². The number of carbonyl (C=O) groups is 1. The quantitative estimate of drug-likeness (QED) is 0.852. The molecule has 26 heavy (non-hydrogen) atoms. The summed E-state index contributed by atoms with van der Waals surface area (Å²) in [5, 5.41) is 2.60. The summed E-state index contributed by atoms with van der Waals surface area (Å²) < 4.78 is 53.0. The van der Waals surface area contributed by atoms with E-state index >= 15 is 0 Å². The van der Waals surface area contributed by atoms with Crippen LogP contribution in [0.2, 0.25) is 0 Å². The van der Waals surface area contributed by atoms with Crippen molar-refractivity contribution < 1.29 is 27.4 Å². The molecule has 3 aliphatic rings. The van der Waals surface area contributed by atoms with Crippen LogP contribution in [-0.4, -0.2) is 37.2 Å². The molecular weight excluding hydrogens is 351 g/mol. The number of amides is 1. The highest BCUT2D eigenvalue weighted by Crippen LogP contribution is 2.56. The number of amidine groups is 1. The summed E-state index contributed by atoms with van der Waals surface area (Å²) in [4.78, 5) is 16.0. The Hall–Kier alpha value is -2.29. The zero-order valence-corrected chi connectivity index (χ0v) is 13.8. The minimum atomic E-state index is -2.97. The Kier molecular flexibility index (Phi) is 4.06. The van der Waals surface area contributed by atoms with E-state index in [2.05, 4.69) is 10.3 Å². The van der Waals surface area contributed by atoms with Gasteiger partial charge in [0.2, 0.25) is 0 Å². The zero-order chi connectivity index (χ0) is 18.5. The molecule has 2 heterocycles.